The van der Waals surface area contributed by atoms with Gasteiger partial charge in [0.2, 0.25) is 0 Å². The number of ether oxygens (including phenoxy) is 7. The summed E-state index contributed by atoms with van der Waals surface area (Å²) in [5.74, 6) is -5.68. The Bertz CT molecular complexity index is 2050. The first-order valence-corrected chi connectivity index (χ1v) is 25.5. The Hall–Kier alpha value is -3.63. The molecular weight excluding hydrogens is 921 g/mol. The molecule has 3 aliphatic heterocycles. The maximum absolute atomic E-state index is 14.5. The van der Waals surface area contributed by atoms with Crippen molar-refractivity contribution in [2.45, 2.75) is 199 Å². The largest absolute Gasteiger partial charge is 0.491 e. The van der Waals surface area contributed by atoms with Crippen molar-refractivity contribution in [3.8, 4) is 5.75 Å². The Balaban J connectivity index is 1.37. The molecule has 3 saturated heterocycles. The van der Waals surface area contributed by atoms with E-state index >= 15 is 0 Å². The fraction of sp³-hybridized carbons (Fsp3) is 0.788. The summed E-state index contributed by atoms with van der Waals surface area (Å²) in [5, 5.41) is 68.1. The van der Waals surface area contributed by atoms with E-state index in [0.29, 0.717) is 43.7 Å². The van der Waals surface area contributed by atoms with Crippen molar-refractivity contribution in [2.75, 3.05) is 33.9 Å². The number of hydrogen-bond acceptors (Lipinski definition) is 18. The number of esters is 2. The van der Waals surface area contributed by atoms with Crippen molar-refractivity contribution in [1.29, 1.82) is 0 Å². The van der Waals surface area contributed by atoms with Crippen LogP contribution < -0.4 is 4.74 Å². The van der Waals surface area contributed by atoms with Gasteiger partial charge in [0, 0.05) is 43.5 Å². The molecule has 18 atom stereocenters. The van der Waals surface area contributed by atoms with Crippen LogP contribution in [-0.4, -0.2) is 175 Å². The molecule has 71 heavy (non-hydrogen) atoms. The van der Waals surface area contributed by atoms with E-state index in [-0.39, 0.29) is 32.5 Å². The number of benzene rings is 1. The van der Waals surface area contributed by atoms with Gasteiger partial charge in [-0.15, -0.1) is 5.10 Å². The van der Waals surface area contributed by atoms with E-state index in [1.54, 1.807) is 77.4 Å². The molecule has 19 heteroatoms. The zero-order valence-corrected chi connectivity index (χ0v) is 44.2. The first-order chi connectivity index (χ1) is 33.3. The molecule has 3 fully saturated rings. The van der Waals surface area contributed by atoms with E-state index in [4.69, 9.17) is 33.2 Å². The highest BCUT2D eigenvalue weighted by atomic mass is 16.7. The maximum Gasteiger partial charge on any atom is 0.341 e. The number of hydrogen-bond donors (Lipinski definition) is 5. The van der Waals surface area contributed by atoms with Gasteiger partial charge in [0.15, 0.2) is 6.29 Å². The summed E-state index contributed by atoms with van der Waals surface area (Å²) in [6.45, 7) is 19.9. The second kappa shape index (κ2) is 24.6. The molecule has 19 nitrogen and oxygen atoms in total. The SMILES string of the molecule is CCOC(=O)c1ccccc1OCCn1cc(CCCN(C)[C@H]2C[C@@H](C)O[C@@H](O[C@@H]3[C@@H](C)[C@H](C4C[C@@](C)(OC)[C@@H](O)[C@H](C)O4)[C@@H](C)C(=O)O[C@H](CC)[C@@](C)(O)[C@H](O)[C@@H](C)C(=O)[C@H](C)C[C@@]3(C)O)[C@@H]2O)nn1. The number of carbonyl (C=O) groups is 3. The molecule has 3 aliphatic rings. The Morgan fingerprint density at radius 1 is 0.958 bits per heavy atom. The van der Waals surface area contributed by atoms with Crippen molar-refractivity contribution < 1.29 is 73.1 Å². The lowest BCUT2D eigenvalue weighted by Crippen LogP contribution is -2.62. The maximum atomic E-state index is 14.5. The molecule has 1 aromatic carbocycles. The standard InChI is InChI=1S/C52H84N4O15/c1-14-40-52(11,64)44(59)33(7)42(57)29(3)26-50(9,63)46(31(5)41(32(6)47(61)70-40)39-27-51(10,65-13)45(60)34(8)69-39)71-49-43(58)37(25-30(4)68-49)55(12)22-18-19-35-28-56(54-53-35)23-24-67-38-21-17-16-20-36(38)48(62)66-15-2/h16-17,20-21,28-34,37,39-41,43-46,49,58-60,63-64H,14-15,18-19,22-27H2,1-13H3/t29-,30-,31+,32-,33+,34+,37+,39?,40-,41+,43-,44-,45+,46-,49+,50-,51-,52-/m1/s1. The Morgan fingerprint density at radius 2 is 1.65 bits per heavy atom. The number of rotatable bonds is 16. The van der Waals surface area contributed by atoms with Gasteiger partial charge in [-0.1, -0.05) is 52.0 Å². The predicted octanol–water partition coefficient (Wildman–Crippen LogP) is 3.91. The van der Waals surface area contributed by atoms with Crippen LogP contribution in [0.4, 0.5) is 0 Å². The third kappa shape index (κ3) is 13.6. The Morgan fingerprint density at radius 3 is 2.31 bits per heavy atom. The minimum absolute atomic E-state index is 0.130. The lowest BCUT2D eigenvalue weighted by atomic mass is 9.67. The monoisotopic (exact) mass is 1000 g/mol. The summed E-state index contributed by atoms with van der Waals surface area (Å²) in [6.07, 6.45) is -5.70. The van der Waals surface area contributed by atoms with Crippen molar-refractivity contribution in [2.24, 2.45) is 29.6 Å². The minimum atomic E-state index is -2.01. The smallest absolute Gasteiger partial charge is 0.341 e. The average molecular weight is 1010 g/mol. The highest BCUT2D eigenvalue weighted by Crippen LogP contribution is 2.45. The van der Waals surface area contributed by atoms with Gasteiger partial charge in [-0.25, -0.2) is 9.48 Å². The Kier molecular flexibility index (Phi) is 20.2. The zero-order chi connectivity index (χ0) is 52.7. The number of para-hydroxylation sites is 1. The third-order valence-corrected chi connectivity index (χ3v) is 15.6. The van der Waals surface area contributed by atoms with Gasteiger partial charge in [-0.05, 0) is 105 Å². The predicted molar refractivity (Wildman–Crippen MR) is 260 cm³/mol. The summed E-state index contributed by atoms with van der Waals surface area (Å²) < 4.78 is 44.5. The number of cyclic esters (lactones) is 1. The van der Waals surface area contributed by atoms with Crippen LogP contribution >= 0.6 is 0 Å². The number of aryl methyl sites for hydroxylation is 1. The van der Waals surface area contributed by atoms with E-state index < -0.39 is 125 Å². The van der Waals surface area contributed by atoms with Gasteiger partial charge >= 0.3 is 11.9 Å². The van der Waals surface area contributed by atoms with Crippen molar-refractivity contribution in [3.63, 3.8) is 0 Å². The fourth-order valence-electron chi connectivity index (χ4n) is 11.3. The summed E-state index contributed by atoms with van der Waals surface area (Å²) in [6, 6.07) is 6.47. The van der Waals surface area contributed by atoms with Gasteiger partial charge in [0.1, 0.15) is 47.6 Å². The number of aliphatic hydroxyl groups is 5. The number of likely N-dealkylation sites (N-methyl/N-ethyl adjacent to an activating group) is 1. The van der Waals surface area contributed by atoms with E-state index in [9.17, 15) is 39.9 Å². The molecule has 1 aromatic heterocycles. The lowest BCUT2D eigenvalue weighted by Gasteiger charge is -2.51. The molecular formula is C52H84N4O15. The van der Waals surface area contributed by atoms with E-state index in [1.807, 2.05) is 27.1 Å². The van der Waals surface area contributed by atoms with Crippen LogP contribution in [0.5, 0.6) is 5.75 Å². The van der Waals surface area contributed by atoms with Crippen molar-refractivity contribution in [3.05, 3.63) is 41.7 Å². The first-order valence-electron chi connectivity index (χ1n) is 25.5. The second-order valence-electron chi connectivity index (χ2n) is 21.2. The summed E-state index contributed by atoms with van der Waals surface area (Å²) in [7, 11) is 3.42. The number of carbonyl (C=O) groups excluding carboxylic acids is 3. The first kappa shape index (κ1) is 58.3. The minimum Gasteiger partial charge on any atom is -0.491 e. The molecule has 0 bridgehead atoms. The zero-order valence-electron chi connectivity index (χ0n) is 44.2. The van der Waals surface area contributed by atoms with Crippen LogP contribution in [0.15, 0.2) is 30.5 Å². The lowest BCUT2D eigenvalue weighted by molar-refractivity contribution is -0.302. The number of Topliss-reactive ketones (excluding diaryl/α,β-unsaturated/α-hetero) is 1. The van der Waals surface area contributed by atoms with E-state index in [0.717, 1.165) is 5.69 Å². The van der Waals surface area contributed by atoms with Crippen LogP contribution in [0.3, 0.4) is 0 Å². The molecule has 0 spiro atoms. The second-order valence-corrected chi connectivity index (χ2v) is 21.2. The van der Waals surface area contributed by atoms with Gasteiger partial charge < -0.3 is 63.6 Å². The molecule has 0 aliphatic carbocycles. The fourth-order valence-corrected chi connectivity index (χ4v) is 11.3. The number of methoxy groups -OCH3 is 1. The molecule has 5 rings (SSSR count). The highest BCUT2D eigenvalue weighted by Gasteiger charge is 2.55. The molecule has 402 valence electrons. The highest BCUT2D eigenvalue weighted by molar-refractivity contribution is 5.92. The molecule has 2 aromatic rings. The van der Waals surface area contributed by atoms with E-state index in [2.05, 4.69) is 15.2 Å². The van der Waals surface area contributed by atoms with Crippen LogP contribution in [0.1, 0.15) is 124 Å². The summed E-state index contributed by atoms with van der Waals surface area (Å²) in [5.41, 5.74) is -3.81. The molecule has 0 amide bonds. The van der Waals surface area contributed by atoms with E-state index in [1.165, 1.54) is 21.0 Å². The van der Waals surface area contributed by atoms with Crippen LogP contribution in [0, 0.1) is 29.6 Å². The molecule has 5 N–H and O–H groups in total. The summed E-state index contributed by atoms with van der Waals surface area (Å²) >= 11 is 0. The topological polar surface area (TPSA) is 251 Å². The summed E-state index contributed by atoms with van der Waals surface area (Å²) in [4.78, 5) is 43.0. The van der Waals surface area contributed by atoms with Crippen LogP contribution in [0.25, 0.3) is 0 Å². The van der Waals surface area contributed by atoms with Crippen molar-refractivity contribution >= 4 is 17.7 Å². The molecule has 0 saturated carbocycles. The van der Waals surface area contributed by atoms with Gasteiger partial charge in [0.25, 0.3) is 0 Å². The van der Waals surface area contributed by atoms with Gasteiger partial charge in [0.05, 0.1) is 66.5 Å². The Labute approximate surface area is 419 Å². The number of aromatic nitrogens is 3. The quantitative estimate of drug-likeness (QED) is 0.150. The van der Waals surface area contributed by atoms with Crippen LogP contribution in [-0.2, 0) is 51.0 Å². The molecule has 1 unspecified atom stereocenters. The average Bonchev–Trinajstić information content (AvgIpc) is 3.78. The number of ketones is 1. The normalized spacial score (nSPS) is 38.9. The van der Waals surface area contributed by atoms with Crippen LogP contribution in [0.2, 0.25) is 0 Å². The molecule has 4 heterocycles. The number of aliphatic hydroxyl groups excluding tert-OH is 3. The van der Waals surface area contributed by atoms with Crippen molar-refractivity contribution in [1.82, 2.24) is 19.9 Å². The number of nitrogens with zero attached hydrogens (tertiary/aromatic N) is 4. The third-order valence-electron chi connectivity index (χ3n) is 15.6. The van der Waals surface area contributed by atoms with Gasteiger partial charge in [-0.3, -0.25) is 9.59 Å². The molecule has 0 radical (unpaired) electrons. The van der Waals surface area contributed by atoms with Gasteiger partial charge in [-0.2, -0.15) is 0 Å².